The zero-order valence-corrected chi connectivity index (χ0v) is 17.9. The van der Waals surface area contributed by atoms with Gasteiger partial charge in [-0.05, 0) is 24.1 Å². The number of hydrogen-bond acceptors (Lipinski definition) is 5. The first-order valence-corrected chi connectivity index (χ1v) is 8.92. The molecule has 3 aromatic rings. The molecule has 0 aliphatic carbocycles. The molecule has 9 heteroatoms. The van der Waals surface area contributed by atoms with Gasteiger partial charge in [0.2, 0.25) is 0 Å². The molecule has 1 aromatic carbocycles. The molecule has 0 unspecified atom stereocenters. The average molecular weight is 483 g/mol. The van der Waals surface area contributed by atoms with E-state index in [1.54, 1.807) is 29.4 Å². The summed E-state index contributed by atoms with van der Waals surface area (Å²) in [5.74, 6) is 0.758. The second-order valence-electron chi connectivity index (χ2n) is 5.36. The molecule has 26 heavy (non-hydrogen) atoms. The predicted octanol–water partition coefficient (Wildman–Crippen LogP) is 2.77. The van der Waals surface area contributed by atoms with Gasteiger partial charge in [-0.25, -0.2) is 14.6 Å². The number of halogens is 1. The molecule has 0 bridgehead atoms. The van der Waals surface area contributed by atoms with Gasteiger partial charge in [0.1, 0.15) is 17.7 Å². The number of hydrogen-bond donors (Lipinski definition) is 2. The van der Waals surface area contributed by atoms with Gasteiger partial charge in [-0.1, -0.05) is 19.1 Å². The monoisotopic (exact) mass is 483 g/mol. The van der Waals surface area contributed by atoms with E-state index in [4.69, 9.17) is 0 Å². The van der Waals surface area contributed by atoms with Crippen LogP contribution < -0.4 is 10.6 Å². The fourth-order valence-electron chi connectivity index (χ4n) is 2.27. The second kappa shape index (κ2) is 10.2. The van der Waals surface area contributed by atoms with E-state index in [0.717, 1.165) is 28.6 Å². The number of rotatable bonds is 6. The molecule has 0 amide bonds. The molecule has 0 aliphatic rings. The van der Waals surface area contributed by atoms with Gasteiger partial charge in [0.05, 0.1) is 12.2 Å². The third-order valence-corrected chi connectivity index (χ3v) is 4.80. The van der Waals surface area contributed by atoms with Crippen LogP contribution in [0.25, 0.3) is 5.69 Å². The van der Waals surface area contributed by atoms with Gasteiger partial charge in [0, 0.05) is 24.7 Å². The summed E-state index contributed by atoms with van der Waals surface area (Å²) in [6.07, 6.45) is 6.17. The van der Waals surface area contributed by atoms with Crippen molar-refractivity contribution in [2.24, 2.45) is 4.99 Å². The summed E-state index contributed by atoms with van der Waals surface area (Å²) in [6, 6.07) is 8.16. The summed E-state index contributed by atoms with van der Waals surface area (Å²) in [5.41, 5.74) is 2.15. The van der Waals surface area contributed by atoms with Crippen LogP contribution in [0.3, 0.4) is 0 Å². The molecule has 0 saturated heterocycles. The lowest BCUT2D eigenvalue weighted by Crippen LogP contribution is -2.36. The molecule has 0 aliphatic heterocycles. The van der Waals surface area contributed by atoms with Gasteiger partial charge in [-0.15, -0.1) is 35.3 Å². The van der Waals surface area contributed by atoms with Crippen molar-refractivity contribution in [3.8, 4) is 5.69 Å². The highest BCUT2D eigenvalue weighted by molar-refractivity contribution is 14.0. The van der Waals surface area contributed by atoms with Crippen LogP contribution in [0.5, 0.6) is 0 Å². The van der Waals surface area contributed by atoms with Gasteiger partial charge in [0.15, 0.2) is 5.96 Å². The van der Waals surface area contributed by atoms with Crippen molar-refractivity contribution in [3.05, 3.63) is 58.6 Å². The van der Waals surface area contributed by atoms with E-state index in [2.05, 4.69) is 49.7 Å². The van der Waals surface area contributed by atoms with Crippen LogP contribution in [0.15, 0.2) is 48.1 Å². The highest BCUT2D eigenvalue weighted by atomic mass is 127. The van der Waals surface area contributed by atoms with E-state index in [0.29, 0.717) is 13.1 Å². The van der Waals surface area contributed by atoms with E-state index in [1.165, 1.54) is 11.2 Å². The molecule has 138 valence electrons. The Hall–Kier alpha value is -2.01. The van der Waals surface area contributed by atoms with E-state index >= 15 is 0 Å². The van der Waals surface area contributed by atoms with Crippen molar-refractivity contribution in [2.45, 2.75) is 26.4 Å². The molecular weight excluding hydrogens is 461 g/mol. The van der Waals surface area contributed by atoms with Crippen molar-refractivity contribution in [3.63, 3.8) is 0 Å². The molecule has 0 saturated carbocycles. The zero-order valence-electron chi connectivity index (χ0n) is 14.7. The molecule has 0 radical (unpaired) electrons. The number of thiazole rings is 1. The summed E-state index contributed by atoms with van der Waals surface area (Å²) in [7, 11) is 1.77. The van der Waals surface area contributed by atoms with Crippen LogP contribution in [0.4, 0.5) is 0 Å². The number of aromatic nitrogens is 4. The summed E-state index contributed by atoms with van der Waals surface area (Å²) in [4.78, 5) is 13.9. The van der Waals surface area contributed by atoms with Gasteiger partial charge < -0.3 is 10.6 Å². The van der Waals surface area contributed by atoms with Crippen molar-refractivity contribution >= 4 is 41.3 Å². The number of nitrogens with one attached hydrogen (secondary N) is 2. The first-order chi connectivity index (χ1) is 12.3. The van der Waals surface area contributed by atoms with Crippen LogP contribution in [0.1, 0.15) is 22.4 Å². The quantitative estimate of drug-likeness (QED) is 0.320. The van der Waals surface area contributed by atoms with Gasteiger partial charge in [0.25, 0.3) is 0 Å². The number of aryl methyl sites for hydroxylation is 1. The summed E-state index contributed by atoms with van der Waals surface area (Å²) >= 11 is 1.73. The lowest BCUT2D eigenvalue weighted by Gasteiger charge is -2.11. The standard InChI is InChI=1S/C17H21N7S.HI/c1-3-15-9-20-16(25-15)10-22-17(18-2)21-8-13-4-6-14(7-5-13)24-12-19-11-23-24;/h4-7,9,11-12H,3,8,10H2,1-2H3,(H2,18,21,22);1H. The minimum Gasteiger partial charge on any atom is -0.352 e. The number of benzene rings is 1. The molecule has 0 atom stereocenters. The Kier molecular flexibility index (Phi) is 7.98. The fraction of sp³-hybridized carbons (Fsp3) is 0.294. The van der Waals surface area contributed by atoms with Crippen molar-refractivity contribution < 1.29 is 0 Å². The molecule has 2 N–H and O–H groups in total. The molecular formula is C17H22IN7S. The predicted molar refractivity (Wildman–Crippen MR) is 115 cm³/mol. The lowest BCUT2D eigenvalue weighted by atomic mass is 10.2. The number of aliphatic imine (C=N–C) groups is 1. The first kappa shape index (κ1) is 20.3. The molecule has 3 rings (SSSR count). The minimum absolute atomic E-state index is 0. The van der Waals surface area contributed by atoms with Gasteiger partial charge >= 0.3 is 0 Å². The van der Waals surface area contributed by atoms with Crippen LogP contribution in [0.2, 0.25) is 0 Å². The SMILES string of the molecule is CCc1cnc(CNC(=NC)NCc2ccc(-n3cncn3)cc2)s1.I. The van der Waals surface area contributed by atoms with E-state index < -0.39 is 0 Å². The largest absolute Gasteiger partial charge is 0.352 e. The topological polar surface area (TPSA) is 80.0 Å². The Morgan fingerprint density at radius 2 is 1.96 bits per heavy atom. The number of nitrogens with zero attached hydrogens (tertiary/aromatic N) is 5. The Morgan fingerprint density at radius 3 is 2.58 bits per heavy atom. The van der Waals surface area contributed by atoms with Crippen molar-refractivity contribution in [1.82, 2.24) is 30.4 Å². The second-order valence-corrected chi connectivity index (χ2v) is 6.56. The third-order valence-electron chi connectivity index (χ3n) is 3.66. The molecule has 0 fully saturated rings. The van der Waals surface area contributed by atoms with Crippen LogP contribution in [0, 0.1) is 0 Å². The third kappa shape index (κ3) is 5.49. The first-order valence-electron chi connectivity index (χ1n) is 8.10. The molecule has 2 heterocycles. The summed E-state index contributed by atoms with van der Waals surface area (Å²) < 4.78 is 1.73. The van der Waals surface area contributed by atoms with Crippen LogP contribution in [-0.2, 0) is 19.5 Å². The Labute approximate surface area is 174 Å². The van der Waals surface area contributed by atoms with Crippen LogP contribution in [-0.4, -0.2) is 32.8 Å². The Morgan fingerprint density at radius 1 is 1.19 bits per heavy atom. The van der Waals surface area contributed by atoms with E-state index in [9.17, 15) is 0 Å². The van der Waals surface area contributed by atoms with E-state index in [1.807, 2.05) is 18.3 Å². The van der Waals surface area contributed by atoms with Crippen molar-refractivity contribution in [1.29, 1.82) is 0 Å². The highest BCUT2D eigenvalue weighted by Gasteiger charge is 2.03. The smallest absolute Gasteiger partial charge is 0.191 e. The maximum absolute atomic E-state index is 4.41. The highest BCUT2D eigenvalue weighted by Crippen LogP contribution is 2.12. The minimum atomic E-state index is 0. The van der Waals surface area contributed by atoms with Crippen molar-refractivity contribution in [2.75, 3.05) is 7.05 Å². The summed E-state index contributed by atoms with van der Waals surface area (Å²) in [6.45, 7) is 3.50. The Balaban J connectivity index is 0.00000243. The summed E-state index contributed by atoms with van der Waals surface area (Å²) in [5, 5.41) is 11.8. The lowest BCUT2D eigenvalue weighted by molar-refractivity contribution is 0.804. The van der Waals surface area contributed by atoms with Crippen LogP contribution >= 0.6 is 35.3 Å². The van der Waals surface area contributed by atoms with Gasteiger partial charge in [-0.3, -0.25) is 4.99 Å². The Bertz CT molecular complexity index is 812. The fourth-order valence-corrected chi connectivity index (χ4v) is 3.07. The maximum atomic E-state index is 4.41. The van der Waals surface area contributed by atoms with E-state index in [-0.39, 0.29) is 24.0 Å². The normalized spacial score (nSPS) is 11.1. The molecule has 7 nitrogen and oxygen atoms in total. The number of guanidine groups is 1. The van der Waals surface area contributed by atoms with Gasteiger partial charge in [-0.2, -0.15) is 5.10 Å². The molecule has 2 aromatic heterocycles. The zero-order chi connectivity index (χ0) is 17.5. The maximum Gasteiger partial charge on any atom is 0.191 e. The molecule has 0 spiro atoms. The average Bonchev–Trinajstić information content (AvgIpc) is 3.34.